The molecule has 0 fully saturated rings. The Hall–Kier alpha value is -1.06. The van der Waals surface area contributed by atoms with E-state index < -0.39 is 0 Å². The van der Waals surface area contributed by atoms with Crippen molar-refractivity contribution in [1.82, 2.24) is 0 Å². The molecule has 1 rings (SSSR count). The normalized spacial score (nSPS) is 10.3. The number of alkyl halides is 1. The number of ether oxygens (including phenoxy) is 1. The van der Waals surface area contributed by atoms with Gasteiger partial charge in [-0.2, -0.15) is 0 Å². The van der Waals surface area contributed by atoms with Crippen molar-refractivity contribution in [2.24, 2.45) is 0 Å². The van der Waals surface area contributed by atoms with Gasteiger partial charge in [-0.05, 0) is 24.1 Å². The molecule has 0 radical (unpaired) electrons. The van der Waals surface area contributed by atoms with E-state index in [1.165, 1.54) is 0 Å². The number of rotatable bonds is 6. The van der Waals surface area contributed by atoms with Crippen LogP contribution in [0, 0.1) is 0 Å². The molecule has 0 spiro atoms. The molecule has 3 nitrogen and oxygen atoms in total. The molecule has 1 aromatic rings. The summed E-state index contributed by atoms with van der Waals surface area (Å²) in [6, 6.07) is 7.73. The summed E-state index contributed by atoms with van der Waals surface area (Å²) in [5.74, 6) is 0.491. The fourth-order valence-electron chi connectivity index (χ4n) is 1.64. The zero-order chi connectivity index (χ0) is 12.7. The summed E-state index contributed by atoms with van der Waals surface area (Å²) in [6.45, 7) is 2.88. The van der Waals surface area contributed by atoms with Gasteiger partial charge in [0.1, 0.15) is 0 Å². The summed E-state index contributed by atoms with van der Waals surface area (Å²) in [4.78, 5) is 13.3. The lowest BCUT2D eigenvalue weighted by Gasteiger charge is -2.21. The van der Waals surface area contributed by atoms with Crippen LogP contribution in [0.3, 0.4) is 0 Å². The third kappa shape index (κ3) is 4.36. The summed E-state index contributed by atoms with van der Waals surface area (Å²) in [7, 11) is 1.66. The largest absolute Gasteiger partial charge is 0.385 e. The van der Waals surface area contributed by atoms with Crippen LogP contribution in [0.25, 0.3) is 0 Å². The maximum Gasteiger partial charge on any atom is 0.223 e. The highest BCUT2D eigenvalue weighted by molar-refractivity contribution is 6.17. The predicted octanol–water partition coefficient (Wildman–Crippen LogP) is 2.81. The third-order valence-electron chi connectivity index (χ3n) is 2.49. The molecule has 17 heavy (non-hydrogen) atoms. The van der Waals surface area contributed by atoms with Gasteiger partial charge in [0.15, 0.2) is 0 Å². The topological polar surface area (TPSA) is 29.5 Å². The molecule has 4 heteroatoms. The number of nitrogens with zero attached hydrogens (tertiary/aromatic N) is 1. The van der Waals surface area contributed by atoms with Crippen molar-refractivity contribution in [3.63, 3.8) is 0 Å². The smallest absolute Gasteiger partial charge is 0.223 e. The molecular weight excluding hydrogens is 238 g/mol. The van der Waals surface area contributed by atoms with Gasteiger partial charge in [0.05, 0.1) is 0 Å². The number of hydrogen-bond donors (Lipinski definition) is 0. The number of carbonyl (C=O) groups excluding carboxylic acids is 1. The Morgan fingerprint density at radius 1 is 1.47 bits per heavy atom. The quantitative estimate of drug-likeness (QED) is 0.578. The van der Waals surface area contributed by atoms with Gasteiger partial charge in [-0.25, -0.2) is 0 Å². The highest BCUT2D eigenvalue weighted by atomic mass is 35.5. The summed E-state index contributed by atoms with van der Waals surface area (Å²) < 4.78 is 4.99. The average Bonchev–Trinajstić information content (AvgIpc) is 2.34. The minimum Gasteiger partial charge on any atom is -0.385 e. The number of carbonyl (C=O) groups is 1. The summed E-state index contributed by atoms with van der Waals surface area (Å²) in [6.07, 6.45) is 0.821. The van der Waals surface area contributed by atoms with Crippen LogP contribution in [-0.2, 0) is 15.4 Å². The van der Waals surface area contributed by atoms with Crippen LogP contribution in [0.1, 0.15) is 18.9 Å². The van der Waals surface area contributed by atoms with Gasteiger partial charge in [0.25, 0.3) is 0 Å². The molecule has 0 aliphatic rings. The molecule has 94 valence electrons. The Bertz CT molecular complexity index is 368. The van der Waals surface area contributed by atoms with Crippen molar-refractivity contribution in [2.75, 3.05) is 25.2 Å². The highest BCUT2D eigenvalue weighted by Crippen LogP contribution is 2.18. The van der Waals surface area contributed by atoms with Crippen LogP contribution in [0.2, 0.25) is 0 Å². The van der Waals surface area contributed by atoms with Crippen LogP contribution < -0.4 is 4.90 Å². The van der Waals surface area contributed by atoms with Crippen LogP contribution in [0.5, 0.6) is 0 Å². The van der Waals surface area contributed by atoms with Gasteiger partial charge >= 0.3 is 0 Å². The van der Waals surface area contributed by atoms with Gasteiger partial charge in [0, 0.05) is 38.8 Å². The van der Waals surface area contributed by atoms with Crippen molar-refractivity contribution >= 4 is 23.2 Å². The van der Waals surface area contributed by atoms with Crippen molar-refractivity contribution in [3.8, 4) is 0 Å². The molecule has 0 bridgehead atoms. The van der Waals surface area contributed by atoms with E-state index in [9.17, 15) is 4.79 Å². The maximum absolute atomic E-state index is 11.6. The lowest BCUT2D eigenvalue weighted by Crippen LogP contribution is -2.30. The number of methoxy groups -OCH3 is 1. The lowest BCUT2D eigenvalue weighted by molar-refractivity contribution is -0.116. The lowest BCUT2D eigenvalue weighted by atomic mass is 10.2. The Morgan fingerprint density at radius 3 is 2.82 bits per heavy atom. The molecule has 0 aliphatic carbocycles. The van der Waals surface area contributed by atoms with Crippen molar-refractivity contribution < 1.29 is 9.53 Å². The zero-order valence-electron chi connectivity index (χ0n) is 10.3. The number of anilines is 1. The molecule has 1 amide bonds. The zero-order valence-corrected chi connectivity index (χ0v) is 11.0. The molecule has 0 saturated carbocycles. The molecule has 0 aliphatic heterocycles. The standard InChI is InChI=1S/C13H18ClNO2/c1-11(16)15(7-4-8-17-2)13-6-3-5-12(9-13)10-14/h3,5-6,9H,4,7-8,10H2,1-2H3. The van der Waals surface area contributed by atoms with Crippen LogP contribution in [-0.4, -0.2) is 26.2 Å². The Morgan fingerprint density at radius 2 is 2.24 bits per heavy atom. The molecule has 0 saturated heterocycles. The van der Waals surface area contributed by atoms with Gasteiger partial charge in [-0.15, -0.1) is 11.6 Å². The fraction of sp³-hybridized carbons (Fsp3) is 0.462. The Labute approximate surface area is 107 Å². The number of hydrogen-bond acceptors (Lipinski definition) is 2. The second kappa shape index (κ2) is 7.30. The highest BCUT2D eigenvalue weighted by Gasteiger charge is 2.11. The molecule has 0 aromatic heterocycles. The van der Waals surface area contributed by atoms with E-state index in [1.54, 1.807) is 18.9 Å². The summed E-state index contributed by atoms with van der Waals surface area (Å²) in [5, 5.41) is 0. The number of benzene rings is 1. The predicted molar refractivity (Wildman–Crippen MR) is 70.5 cm³/mol. The first-order valence-electron chi connectivity index (χ1n) is 5.61. The van der Waals surface area contributed by atoms with Crippen LogP contribution in [0.4, 0.5) is 5.69 Å². The molecule has 0 atom stereocenters. The Kier molecular flexibility index (Phi) is 6.01. The van der Waals surface area contributed by atoms with Gasteiger partial charge in [0.2, 0.25) is 5.91 Å². The van der Waals surface area contributed by atoms with E-state index in [4.69, 9.17) is 16.3 Å². The monoisotopic (exact) mass is 255 g/mol. The van der Waals surface area contributed by atoms with Crippen molar-refractivity contribution in [2.45, 2.75) is 19.2 Å². The molecule has 1 aromatic carbocycles. The van der Waals surface area contributed by atoms with Crippen LogP contribution >= 0.6 is 11.6 Å². The number of halogens is 1. The van der Waals surface area contributed by atoms with Gasteiger partial charge in [-0.1, -0.05) is 12.1 Å². The van der Waals surface area contributed by atoms with E-state index >= 15 is 0 Å². The summed E-state index contributed by atoms with van der Waals surface area (Å²) in [5.41, 5.74) is 1.91. The van der Waals surface area contributed by atoms with Gasteiger partial charge < -0.3 is 9.64 Å². The van der Waals surface area contributed by atoms with E-state index in [0.29, 0.717) is 19.0 Å². The fourth-order valence-corrected chi connectivity index (χ4v) is 1.81. The van der Waals surface area contributed by atoms with E-state index in [-0.39, 0.29) is 5.91 Å². The molecular formula is C13H18ClNO2. The van der Waals surface area contributed by atoms with E-state index in [2.05, 4.69) is 0 Å². The second-order valence-electron chi connectivity index (χ2n) is 3.82. The SMILES string of the molecule is COCCCN(C(C)=O)c1cccc(CCl)c1. The minimum absolute atomic E-state index is 0.0350. The molecule has 0 heterocycles. The first-order chi connectivity index (χ1) is 8.19. The van der Waals surface area contributed by atoms with Crippen molar-refractivity contribution in [3.05, 3.63) is 29.8 Å². The molecule has 0 unspecified atom stereocenters. The minimum atomic E-state index is 0.0350. The van der Waals surface area contributed by atoms with E-state index in [0.717, 1.165) is 17.7 Å². The van der Waals surface area contributed by atoms with E-state index in [1.807, 2.05) is 24.3 Å². The maximum atomic E-state index is 11.6. The molecule has 0 N–H and O–H groups in total. The van der Waals surface area contributed by atoms with Gasteiger partial charge in [-0.3, -0.25) is 4.79 Å². The third-order valence-corrected chi connectivity index (χ3v) is 2.80. The van der Waals surface area contributed by atoms with Crippen molar-refractivity contribution in [1.29, 1.82) is 0 Å². The summed E-state index contributed by atoms with van der Waals surface area (Å²) >= 11 is 5.79. The number of amides is 1. The average molecular weight is 256 g/mol. The first-order valence-corrected chi connectivity index (χ1v) is 6.14. The first kappa shape index (κ1) is 14.0. The second-order valence-corrected chi connectivity index (χ2v) is 4.09. The Balaban J connectivity index is 2.78. The van der Waals surface area contributed by atoms with Crippen LogP contribution in [0.15, 0.2) is 24.3 Å².